The smallest absolute Gasteiger partial charge is 0.250 e. The number of halogens is 1. The summed E-state index contributed by atoms with van der Waals surface area (Å²) in [6.45, 7) is 8.35. The lowest BCUT2D eigenvalue weighted by molar-refractivity contribution is -0.118. The van der Waals surface area contributed by atoms with E-state index in [1.54, 1.807) is 6.21 Å². The van der Waals surface area contributed by atoms with Gasteiger partial charge in [0.05, 0.1) is 12.0 Å². The number of amides is 1. The molecule has 0 bridgehead atoms. The summed E-state index contributed by atoms with van der Waals surface area (Å²) in [4.78, 5) is 13.0. The van der Waals surface area contributed by atoms with E-state index in [1.807, 2.05) is 24.3 Å². The lowest BCUT2D eigenvalue weighted by Crippen LogP contribution is -2.19. The molecule has 2 aromatic carbocycles. The first-order chi connectivity index (χ1) is 13.8. The minimum atomic E-state index is -0.149. The normalized spacial score (nSPS) is 11.2. The van der Waals surface area contributed by atoms with Crippen molar-refractivity contribution >= 4 is 35.5 Å². The third-order valence-corrected chi connectivity index (χ3v) is 5.90. The third-order valence-electron chi connectivity index (χ3n) is 4.64. The van der Waals surface area contributed by atoms with Gasteiger partial charge < -0.3 is 4.57 Å². The first kappa shape index (κ1) is 21.2. The van der Waals surface area contributed by atoms with Gasteiger partial charge in [0, 0.05) is 32.6 Å². The lowest BCUT2D eigenvalue weighted by Gasteiger charge is -2.13. The second kappa shape index (κ2) is 9.33. The van der Waals surface area contributed by atoms with E-state index in [0.717, 1.165) is 27.5 Å². The zero-order valence-corrected chi connectivity index (χ0v) is 18.6. The maximum Gasteiger partial charge on any atom is 0.250 e. The Morgan fingerprint density at radius 1 is 1.10 bits per heavy atom. The van der Waals surface area contributed by atoms with Crippen LogP contribution in [0.4, 0.5) is 0 Å². The number of carbonyl (C=O) groups excluding carboxylic acids is 1. The summed E-state index contributed by atoms with van der Waals surface area (Å²) in [7, 11) is 0. The quantitative estimate of drug-likeness (QED) is 0.317. The van der Waals surface area contributed by atoms with Crippen LogP contribution < -0.4 is 5.43 Å². The molecule has 3 aromatic rings. The van der Waals surface area contributed by atoms with Gasteiger partial charge in [0.15, 0.2) is 0 Å². The van der Waals surface area contributed by atoms with Crippen LogP contribution in [0.3, 0.4) is 0 Å². The van der Waals surface area contributed by atoms with E-state index in [1.165, 1.54) is 22.9 Å². The Hall–Kier alpha value is -2.50. The maximum absolute atomic E-state index is 12.1. The van der Waals surface area contributed by atoms with Gasteiger partial charge in [0.25, 0.3) is 0 Å². The topological polar surface area (TPSA) is 46.4 Å². The van der Waals surface area contributed by atoms with E-state index >= 15 is 0 Å². The SMILES string of the molecule is Cc1ccc(-n2c(C)cc(/C=N/NC(=O)CSc3ccc(Cl)cc3)c2C)c(C)c1. The van der Waals surface area contributed by atoms with Gasteiger partial charge in [-0.05, 0) is 69.7 Å². The van der Waals surface area contributed by atoms with Crippen molar-refractivity contribution in [2.75, 3.05) is 5.75 Å². The molecule has 1 heterocycles. The molecule has 150 valence electrons. The number of nitrogens with one attached hydrogen (secondary N) is 1. The van der Waals surface area contributed by atoms with Crippen LogP contribution in [-0.2, 0) is 4.79 Å². The molecule has 0 spiro atoms. The second-order valence-corrected chi connectivity index (χ2v) is 8.47. The monoisotopic (exact) mass is 425 g/mol. The first-order valence-corrected chi connectivity index (χ1v) is 10.7. The fraction of sp³-hybridized carbons (Fsp3) is 0.217. The number of aromatic nitrogens is 1. The molecule has 1 amide bonds. The predicted molar refractivity (Wildman–Crippen MR) is 123 cm³/mol. The van der Waals surface area contributed by atoms with Gasteiger partial charge in [-0.1, -0.05) is 29.3 Å². The lowest BCUT2D eigenvalue weighted by atomic mass is 10.1. The van der Waals surface area contributed by atoms with Gasteiger partial charge >= 0.3 is 0 Å². The van der Waals surface area contributed by atoms with Crippen LogP contribution in [0.1, 0.15) is 28.1 Å². The number of hydrazone groups is 1. The van der Waals surface area contributed by atoms with Crippen molar-refractivity contribution in [1.29, 1.82) is 0 Å². The summed E-state index contributed by atoms with van der Waals surface area (Å²) in [5.41, 5.74) is 9.42. The third kappa shape index (κ3) is 5.31. The van der Waals surface area contributed by atoms with E-state index in [9.17, 15) is 4.79 Å². The number of benzene rings is 2. The number of carbonyl (C=O) groups is 1. The van der Waals surface area contributed by atoms with E-state index in [-0.39, 0.29) is 5.91 Å². The Morgan fingerprint density at radius 3 is 2.52 bits per heavy atom. The molecule has 3 rings (SSSR count). The Labute approximate surface area is 181 Å². The van der Waals surface area contributed by atoms with Crippen molar-refractivity contribution < 1.29 is 4.79 Å². The van der Waals surface area contributed by atoms with Gasteiger partial charge in [0.1, 0.15) is 0 Å². The molecule has 0 aliphatic rings. The molecule has 0 radical (unpaired) electrons. The molecular weight excluding hydrogens is 402 g/mol. The van der Waals surface area contributed by atoms with Crippen LogP contribution in [0.25, 0.3) is 5.69 Å². The summed E-state index contributed by atoms with van der Waals surface area (Å²) in [5, 5.41) is 4.82. The van der Waals surface area contributed by atoms with Crippen molar-refractivity contribution in [3.05, 3.63) is 81.6 Å². The highest BCUT2D eigenvalue weighted by molar-refractivity contribution is 8.00. The highest BCUT2D eigenvalue weighted by Gasteiger charge is 2.11. The average molecular weight is 426 g/mol. The van der Waals surface area contributed by atoms with Crippen LogP contribution >= 0.6 is 23.4 Å². The van der Waals surface area contributed by atoms with Crippen LogP contribution in [0.2, 0.25) is 5.02 Å². The fourth-order valence-corrected chi connectivity index (χ4v) is 4.05. The number of nitrogens with zero attached hydrogens (tertiary/aromatic N) is 2. The number of thioether (sulfide) groups is 1. The Kier molecular flexibility index (Phi) is 6.83. The zero-order chi connectivity index (χ0) is 21.0. The van der Waals surface area contributed by atoms with Crippen molar-refractivity contribution in [3.63, 3.8) is 0 Å². The van der Waals surface area contributed by atoms with Crippen molar-refractivity contribution in [2.24, 2.45) is 5.10 Å². The number of hydrogen-bond acceptors (Lipinski definition) is 3. The van der Waals surface area contributed by atoms with Crippen LogP contribution in [-0.4, -0.2) is 22.4 Å². The molecule has 0 fully saturated rings. The average Bonchev–Trinajstić information content (AvgIpc) is 2.95. The summed E-state index contributed by atoms with van der Waals surface area (Å²) in [5.74, 6) is 0.144. The van der Waals surface area contributed by atoms with Crippen LogP contribution in [0, 0.1) is 27.7 Å². The van der Waals surface area contributed by atoms with E-state index in [4.69, 9.17) is 11.6 Å². The Balaban J connectivity index is 1.65. The van der Waals surface area contributed by atoms with Crippen LogP contribution in [0.5, 0.6) is 0 Å². The number of hydrogen-bond donors (Lipinski definition) is 1. The number of rotatable bonds is 6. The molecule has 0 saturated heterocycles. The molecule has 0 aliphatic heterocycles. The summed E-state index contributed by atoms with van der Waals surface area (Å²) in [6, 6.07) is 15.9. The molecule has 0 unspecified atom stereocenters. The minimum absolute atomic E-state index is 0.149. The molecule has 0 saturated carbocycles. The molecule has 0 atom stereocenters. The van der Waals surface area contributed by atoms with Crippen molar-refractivity contribution in [3.8, 4) is 5.69 Å². The largest absolute Gasteiger partial charge is 0.318 e. The van der Waals surface area contributed by atoms with Gasteiger partial charge in [-0.15, -0.1) is 11.8 Å². The highest BCUT2D eigenvalue weighted by atomic mass is 35.5. The molecule has 6 heteroatoms. The molecular formula is C23H24ClN3OS. The predicted octanol–water partition coefficient (Wildman–Crippen LogP) is 5.61. The summed E-state index contributed by atoms with van der Waals surface area (Å²) >= 11 is 7.32. The standard InChI is InChI=1S/C23H24ClN3OS/c1-15-5-10-22(16(2)11-15)27-17(3)12-19(18(27)4)13-25-26-23(28)14-29-21-8-6-20(24)7-9-21/h5-13H,14H2,1-4H3,(H,26,28)/b25-13+. The fourth-order valence-electron chi connectivity index (χ4n) is 3.23. The highest BCUT2D eigenvalue weighted by Crippen LogP contribution is 2.23. The maximum atomic E-state index is 12.1. The first-order valence-electron chi connectivity index (χ1n) is 9.32. The van der Waals surface area contributed by atoms with Crippen LogP contribution in [0.15, 0.2) is 58.5 Å². The zero-order valence-electron chi connectivity index (χ0n) is 17.0. The van der Waals surface area contributed by atoms with E-state index in [2.05, 4.69) is 67.1 Å². The number of aryl methyl sites for hydroxylation is 3. The van der Waals surface area contributed by atoms with Crippen molar-refractivity contribution in [1.82, 2.24) is 9.99 Å². The summed E-state index contributed by atoms with van der Waals surface area (Å²) < 4.78 is 2.22. The summed E-state index contributed by atoms with van der Waals surface area (Å²) in [6.07, 6.45) is 1.70. The molecule has 4 nitrogen and oxygen atoms in total. The molecule has 0 aliphatic carbocycles. The molecule has 1 N–H and O–H groups in total. The van der Waals surface area contributed by atoms with E-state index < -0.39 is 0 Å². The van der Waals surface area contributed by atoms with E-state index in [0.29, 0.717) is 10.8 Å². The van der Waals surface area contributed by atoms with Gasteiger partial charge in [-0.2, -0.15) is 5.10 Å². The Bertz CT molecular complexity index is 1050. The van der Waals surface area contributed by atoms with Gasteiger partial charge in [-0.25, -0.2) is 5.43 Å². The molecule has 1 aromatic heterocycles. The Morgan fingerprint density at radius 2 is 1.83 bits per heavy atom. The van der Waals surface area contributed by atoms with Gasteiger partial charge in [-0.3, -0.25) is 4.79 Å². The van der Waals surface area contributed by atoms with Crippen molar-refractivity contribution in [2.45, 2.75) is 32.6 Å². The molecule has 29 heavy (non-hydrogen) atoms. The minimum Gasteiger partial charge on any atom is -0.318 e. The second-order valence-electron chi connectivity index (χ2n) is 6.99. The van der Waals surface area contributed by atoms with Gasteiger partial charge in [0.2, 0.25) is 5.91 Å².